The molecule has 0 aliphatic rings. The molecule has 3 N–H and O–H groups in total. The quantitative estimate of drug-likeness (QED) is 0.0320. The first kappa shape index (κ1) is 80.8. The molecule has 0 saturated carbocycles. The molecular weight excluding hydrogens is 1020 g/mol. The molecule has 83 heavy (non-hydrogen) atoms. The van der Waals surface area contributed by atoms with Crippen molar-refractivity contribution >= 4 is 11.9 Å². The predicted octanol–water partition coefficient (Wildman–Crippen LogP) is 24.4. The van der Waals surface area contributed by atoms with Crippen LogP contribution in [0.25, 0.3) is 0 Å². The second kappa shape index (κ2) is 72.3. The van der Waals surface area contributed by atoms with Gasteiger partial charge in [-0.3, -0.25) is 9.59 Å². The fourth-order valence-electron chi connectivity index (χ4n) is 11.6. The maximum atomic E-state index is 12.5. The topological polar surface area (TPSA) is 95.9 Å². The molecule has 0 radical (unpaired) electrons. The van der Waals surface area contributed by atoms with Crippen LogP contribution in [0.15, 0.2) is 48.6 Å². The fourth-order valence-corrected chi connectivity index (χ4v) is 11.6. The van der Waals surface area contributed by atoms with Crippen LogP contribution in [0.1, 0.15) is 406 Å². The van der Waals surface area contributed by atoms with Gasteiger partial charge in [0.15, 0.2) is 0 Å². The first-order chi connectivity index (χ1) is 41.0. The number of hydrogen-bond acceptors (Lipinski definition) is 5. The first-order valence-corrected chi connectivity index (χ1v) is 37.4. The van der Waals surface area contributed by atoms with Gasteiger partial charge in [0.25, 0.3) is 0 Å². The molecule has 6 nitrogen and oxygen atoms in total. The molecule has 2 atom stereocenters. The van der Waals surface area contributed by atoms with E-state index in [-0.39, 0.29) is 18.5 Å². The number of carbonyl (C=O) groups is 2. The third kappa shape index (κ3) is 68.8. The van der Waals surface area contributed by atoms with Crippen LogP contribution in [-0.2, 0) is 14.3 Å². The molecule has 0 saturated heterocycles. The van der Waals surface area contributed by atoms with E-state index >= 15 is 0 Å². The van der Waals surface area contributed by atoms with Gasteiger partial charge in [-0.1, -0.05) is 351 Å². The molecule has 0 heterocycles. The number of ether oxygens (including phenoxy) is 1. The Morgan fingerprint density at radius 1 is 0.337 bits per heavy atom. The van der Waals surface area contributed by atoms with Crippen molar-refractivity contribution in [1.29, 1.82) is 0 Å². The molecule has 0 rings (SSSR count). The van der Waals surface area contributed by atoms with Crippen LogP contribution in [-0.4, -0.2) is 47.4 Å². The molecule has 0 fully saturated rings. The molecule has 488 valence electrons. The van der Waals surface area contributed by atoms with E-state index in [1.54, 1.807) is 6.08 Å². The fraction of sp³-hybridized carbons (Fsp3) is 0.870. The molecule has 1 amide bonds. The summed E-state index contributed by atoms with van der Waals surface area (Å²) in [5.74, 6) is -0.0620. The highest BCUT2D eigenvalue weighted by Gasteiger charge is 2.18. The van der Waals surface area contributed by atoms with Crippen LogP contribution in [0, 0.1) is 0 Å². The largest absolute Gasteiger partial charge is 0.466 e. The summed E-state index contributed by atoms with van der Waals surface area (Å²) >= 11 is 0. The number of nitrogens with one attached hydrogen (secondary N) is 1. The normalized spacial score (nSPS) is 12.8. The second-order valence-corrected chi connectivity index (χ2v) is 25.6. The lowest BCUT2D eigenvalue weighted by Gasteiger charge is -2.20. The molecule has 2 unspecified atom stereocenters. The summed E-state index contributed by atoms with van der Waals surface area (Å²) in [7, 11) is 0. The summed E-state index contributed by atoms with van der Waals surface area (Å²) in [5, 5.41) is 23.3. The van der Waals surface area contributed by atoms with Gasteiger partial charge in [0, 0.05) is 12.8 Å². The number of hydrogen-bond donors (Lipinski definition) is 3. The lowest BCUT2D eigenvalue weighted by molar-refractivity contribution is -0.143. The number of unbranched alkanes of at least 4 members (excludes halogenated alkanes) is 53. The van der Waals surface area contributed by atoms with E-state index in [4.69, 9.17) is 4.74 Å². The Morgan fingerprint density at radius 3 is 0.940 bits per heavy atom. The summed E-state index contributed by atoms with van der Waals surface area (Å²) < 4.78 is 5.49. The SMILES string of the molecule is CCCCCC/C=C\C/C=C\CCCCCCCC(=O)OCCCCCCCCCCCCCC/C=C\CCCCCCCCCCCCCCC(=O)NC(CO)C(O)/C=C/CCCCCCCCCCCCCCCCCCCCCC. The number of carbonyl (C=O) groups excluding carboxylic acids is 2. The lowest BCUT2D eigenvalue weighted by Crippen LogP contribution is -2.45. The number of rotatable bonds is 70. The lowest BCUT2D eigenvalue weighted by atomic mass is 10.0. The summed E-state index contributed by atoms with van der Waals surface area (Å²) in [6.45, 7) is 4.92. The van der Waals surface area contributed by atoms with E-state index in [1.165, 1.54) is 327 Å². The van der Waals surface area contributed by atoms with Gasteiger partial charge < -0.3 is 20.3 Å². The zero-order chi connectivity index (χ0) is 59.9. The maximum absolute atomic E-state index is 12.5. The average molecular weight is 1170 g/mol. The van der Waals surface area contributed by atoms with Crippen LogP contribution in [0.2, 0.25) is 0 Å². The number of amides is 1. The number of allylic oxidation sites excluding steroid dienone is 7. The summed E-state index contributed by atoms with van der Waals surface area (Å²) in [6, 6.07) is -0.630. The summed E-state index contributed by atoms with van der Waals surface area (Å²) in [6.07, 6.45) is 94.9. The standard InChI is InChI=1S/C77H145NO5/c1-3-5-7-9-11-13-15-17-19-21-22-23-32-35-38-41-45-49-53-57-61-65-69-75(80)74(73-79)78-76(81)70-66-62-58-54-50-46-42-39-36-33-30-28-26-24-25-27-29-31-34-37-40-44-48-52-56-60-64-68-72-83-77(82)71-67-63-59-55-51-47-43-20-18-16-14-12-10-8-6-4-2/h14,16,20,24-25,43,65,69,74-75,79-80H,3-13,15,17-19,21-23,26-42,44-64,66-68,70-73H2,1-2H3,(H,78,81)/b16-14-,25-24-,43-20-,69-65+. The van der Waals surface area contributed by atoms with Gasteiger partial charge in [-0.15, -0.1) is 0 Å². The Labute approximate surface area is 518 Å². The minimum Gasteiger partial charge on any atom is -0.466 e. The Kier molecular flexibility index (Phi) is 70.4. The van der Waals surface area contributed by atoms with Gasteiger partial charge in [0.05, 0.1) is 25.4 Å². The van der Waals surface area contributed by atoms with Crippen LogP contribution < -0.4 is 5.32 Å². The van der Waals surface area contributed by atoms with Gasteiger partial charge >= 0.3 is 5.97 Å². The predicted molar refractivity (Wildman–Crippen MR) is 366 cm³/mol. The van der Waals surface area contributed by atoms with Gasteiger partial charge in [-0.2, -0.15) is 0 Å². The van der Waals surface area contributed by atoms with Crippen molar-refractivity contribution in [2.24, 2.45) is 0 Å². The number of esters is 1. The maximum Gasteiger partial charge on any atom is 0.305 e. The highest BCUT2D eigenvalue weighted by molar-refractivity contribution is 5.76. The molecule has 0 aromatic carbocycles. The van der Waals surface area contributed by atoms with Crippen molar-refractivity contribution in [2.75, 3.05) is 13.2 Å². The summed E-state index contributed by atoms with van der Waals surface area (Å²) in [4.78, 5) is 24.6. The zero-order valence-electron chi connectivity index (χ0n) is 55.9. The van der Waals surface area contributed by atoms with E-state index in [0.717, 1.165) is 51.4 Å². The molecule has 6 heteroatoms. The van der Waals surface area contributed by atoms with E-state index in [0.29, 0.717) is 19.4 Å². The molecule has 0 spiro atoms. The Bertz CT molecular complexity index is 1390. The van der Waals surface area contributed by atoms with Crippen LogP contribution in [0.3, 0.4) is 0 Å². The highest BCUT2D eigenvalue weighted by atomic mass is 16.5. The van der Waals surface area contributed by atoms with Gasteiger partial charge in [0.1, 0.15) is 0 Å². The van der Waals surface area contributed by atoms with E-state index in [1.807, 2.05) is 6.08 Å². The number of aliphatic hydroxyl groups excluding tert-OH is 2. The van der Waals surface area contributed by atoms with Crippen molar-refractivity contribution in [3.8, 4) is 0 Å². The van der Waals surface area contributed by atoms with Crippen molar-refractivity contribution in [2.45, 2.75) is 418 Å². The third-order valence-corrected chi connectivity index (χ3v) is 17.3. The smallest absolute Gasteiger partial charge is 0.305 e. The molecule has 0 bridgehead atoms. The Morgan fingerprint density at radius 2 is 0.602 bits per heavy atom. The van der Waals surface area contributed by atoms with Crippen LogP contribution >= 0.6 is 0 Å². The molecule has 0 aromatic rings. The Balaban J connectivity index is 3.41. The molecule has 0 aromatic heterocycles. The van der Waals surface area contributed by atoms with Gasteiger partial charge in [-0.05, 0) is 89.9 Å². The van der Waals surface area contributed by atoms with Crippen LogP contribution in [0.4, 0.5) is 0 Å². The zero-order valence-corrected chi connectivity index (χ0v) is 55.9. The highest BCUT2D eigenvalue weighted by Crippen LogP contribution is 2.19. The average Bonchev–Trinajstić information content (AvgIpc) is 3.49. The molecular formula is C77H145NO5. The van der Waals surface area contributed by atoms with Gasteiger partial charge in [-0.25, -0.2) is 0 Å². The van der Waals surface area contributed by atoms with E-state index in [9.17, 15) is 19.8 Å². The van der Waals surface area contributed by atoms with Crippen molar-refractivity contribution < 1.29 is 24.5 Å². The van der Waals surface area contributed by atoms with Crippen molar-refractivity contribution in [3.63, 3.8) is 0 Å². The van der Waals surface area contributed by atoms with Crippen molar-refractivity contribution in [3.05, 3.63) is 48.6 Å². The van der Waals surface area contributed by atoms with Gasteiger partial charge in [0.2, 0.25) is 5.91 Å². The molecule has 0 aliphatic heterocycles. The van der Waals surface area contributed by atoms with Crippen LogP contribution in [0.5, 0.6) is 0 Å². The minimum absolute atomic E-state index is 0.00233. The monoisotopic (exact) mass is 1160 g/mol. The van der Waals surface area contributed by atoms with E-state index in [2.05, 4.69) is 55.6 Å². The van der Waals surface area contributed by atoms with E-state index < -0.39 is 12.1 Å². The third-order valence-electron chi connectivity index (χ3n) is 17.3. The second-order valence-electron chi connectivity index (χ2n) is 25.6. The number of aliphatic hydroxyl groups is 2. The van der Waals surface area contributed by atoms with Crippen molar-refractivity contribution in [1.82, 2.24) is 5.32 Å². The molecule has 0 aliphatic carbocycles. The minimum atomic E-state index is -0.846. The Hall–Kier alpha value is -2.18. The summed E-state index contributed by atoms with van der Waals surface area (Å²) in [5.41, 5.74) is 0. The first-order valence-electron chi connectivity index (χ1n) is 37.4.